The van der Waals surface area contributed by atoms with E-state index >= 15 is 0 Å². The molecule has 2 aliphatic rings. The van der Waals surface area contributed by atoms with Crippen molar-refractivity contribution in [2.45, 2.75) is 11.7 Å². The lowest BCUT2D eigenvalue weighted by Gasteiger charge is -2.45. The Kier molecular flexibility index (Phi) is 5.67. The van der Waals surface area contributed by atoms with E-state index in [0.717, 1.165) is 16.2 Å². The number of benzene rings is 2. The third kappa shape index (κ3) is 4.16. The predicted octanol–water partition coefficient (Wildman–Crippen LogP) is 4.74. The van der Waals surface area contributed by atoms with Crippen molar-refractivity contribution in [2.24, 2.45) is 0 Å². The first-order chi connectivity index (χ1) is 17.5. The van der Waals surface area contributed by atoms with E-state index in [1.807, 2.05) is 0 Å². The number of halogens is 4. The Balaban J connectivity index is 1.47. The molecule has 1 unspecified atom stereocenters. The number of amides is 3. The van der Waals surface area contributed by atoms with Gasteiger partial charge in [-0.25, -0.2) is 14.2 Å². The predicted molar refractivity (Wildman–Crippen MR) is 131 cm³/mol. The number of carbonyl (C=O) groups excluding carboxylic acids is 2. The van der Waals surface area contributed by atoms with E-state index < -0.39 is 29.5 Å². The highest BCUT2D eigenvalue weighted by Crippen LogP contribution is 2.46. The molecule has 37 heavy (non-hydrogen) atoms. The topological polar surface area (TPSA) is 98.4 Å². The molecule has 8 nitrogen and oxygen atoms in total. The molecule has 0 bridgehead atoms. The third-order valence-corrected chi connectivity index (χ3v) is 6.80. The fourth-order valence-electron chi connectivity index (χ4n) is 4.07. The number of nitrogens with one attached hydrogen (secondary N) is 4. The van der Waals surface area contributed by atoms with Crippen LogP contribution in [0.2, 0.25) is 0 Å². The van der Waals surface area contributed by atoms with Crippen LogP contribution in [0.15, 0.2) is 78.4 Å². The summed E-state index contributed by atoms with van der Waals surface area (Å²) in [6.45, 7) is 3.72. The van der Waals surface area contributed by atoms with Crippen molar-refractivity contribution in [3.8, 4) is 0 Å². The van der Waals surface area contributed by atoms with E-state index in [2.05, 4.69) is 32.8 Å². The zero-order chi connectivity index (χ0) is 26.5. The van der Waals surface area contributed by atoms with Crippen LogP contribution in [0.1, 0.15) is 5.56 Å². The average Bonchev–Trinajstić information content (AvgIpc) is 3.23. The summed E-state index contributed by atoms with van der Waals surface area (Å²) in [6, 6.07) is 8.20. The van der Waals surface area contributed by atoms with Crippen LogP contribution < -0.4 is 21.3 Å². The number of urea groups is 1. The van der Waals surface area contributed by atoms with Gasteiger partial charge in [-0.3, -0.25) is 10.1 Å². The summed E-state index contributed by atoms with van der Waals surface area (Å²) in [5.74, 6) is -1.67. The van der Waals surface area contributed by atoms with Gasteiger partial charge in [0, 0.05) is 24.6 Å². The molecule has 3 aromatic rings. The molecule has 3 heterocycles. The summed E-state index contributed by atoms with van der Waals surface area (Å²) in [7, 11) is 1.27. The van der Waals surface area contributed by atoms with Crippen LogP contribution in [-0.2, 0) is 10.3 Å². The fourth-order valence-corrected chi connectivity index (χ4v) is 4.97. The number of rotatable bonds is 3. The third-order valence-electron chi connectivity index (χ3n) is 5.87. The normalized spacial score (nSPS) is 19.4. The number of thiazole rings is 1. The van der Waals surface area contributed by atoms with Crippen molar-refractivity contribution >= 4 is 44.3 Å². The molecule has 190 valence electrons. The van der Waals surface area contributed by atoms with Gasteiger partial charge in [0.1, 0.15) is 5.82 Å². The summed E-state index contributed by atoms with van der Waals surface area (Å²) in [5, 5.41) is 10.3. The summed E-state index contributed by atoms with van der Waals surface area (Å²) in [6.07, 6.45) is -2.20. The van der Waals surface area contributed by atoms with Gasteiger partial charge in [0.15, 0.2) is 5.13 Å². The van der Waals surface area contributed by atoms with Gasteiger partial charge in [-0.1, -0.05) is 24.0 Å². The second-order valence-electron chi connectivity index (χ2n) is 8.28. The minimum absolute atomic E-state index is 0.0797. The molecular formula is C24H18F4N6O2S. The van der Waals surface area contributed by atoms with E-state index in [0.29, 0.717) is 21.6 Å². The van der Waals surface area contributed by atoms with Gasteiger partial charge in [-0.05, 0) is 48.0 Å². The quantitative estimate of drug-likeness (QED) is 0.367. The highest BCUT2D eigenvalue weighted by molar-refractivity contribution is 7.22. The average molecular weight is 531 g/mol. The summed E-state index contributed by atoms with van der Waals surface area (Å²) < 4.78 is 57.3. The highest BCUT2D eigenvalue weighted by Gasteiger charge is 2.65. The Bertz CT molecular complexity index is 1510. The van der Waals surface area contributed by atoms with E-state index in [1.54, 1.807) is 0 Å². The molecule has 0 saturated carbocycles. The van der Waals surface area contributed by atoms with Crippen molar-refractivity contribution in [3.05, 3.63) is 89.8 Å². The van der Waals surface area contributed by atoms with Gasteiger partial charge in [0.2, 0.25) is 5.54 Å². The highest BCUT2D eigenvalue weighted by atomic mass is 32.1. The molecule has 2 aliphatic heterocycles. The number of dihydropyridines is 1. The van der Waals surface area contributed by atoms with Crippen LogP contribution in [0.3, 0.4) is 0 Å². The molecule has 0 radical (unpaired) electrons. The minimum atomic E-state index is -5.01. The Morgan fingerprint density at radius 1 is 1.16 bits per heavy atom. The molecule has 13 heteroatoms. The van der Waals surface area contributed by atoms with E-state index in [9.17, 15) is 27.2 Å². The standard InChI is InChI=1S/C24H18F4N6O2S/c1-12-9-18-17(11-29-12)33-23(24(26,27)28,20(35)34(18)2)13-3-8-16-19(10-13)37-22(31-16)32-21(36)30-15-6-4-14(25)5-7-15/h3-11,29,33H,1H2,2H3,(H2,30,31,32,36). The number of likely N-dealkylation sites (N-methyl/N-ethyl adjacent to an activating group) is 1. The number of hydrogen-bond acceptors (Lipinski definition) is 6. The Morgan fingerprint density at radius 2 is 1.89 bits per heavy atom. The monoisotopic (exact) mass is 530 g/mol. The smallest absolute Gasteiger partial charge is 0.360 e. The Morgan fingerprint density at radius 3 is 2.59 bits per heavy atom. The molecule has 4 N–H and O–H groups in total. The van der Waals surface area contributed by atoms with Crippen molar-refractivity contribution in [1.82, 2.24) is 20.5 Å². The SMILES string of the molecule is C=C1C=C2C(=CN1)NC(c1ccc3nc(NC(=O)Nc4ccc(F)cc4)sc3c1)(C(F)(F)F)C(=O)N2C. The van der Waals surface area contributed by atoms with Gasteiger partial charge in [-0.15, -0.1) is 0 Å². The number of piperazine rings is 1. The van der Waals surface area contributed by atoms with E-state index in [1.165, 1.54) is 61.8 Å². The second kappa shape index (κ2) is 8.62. The molecule has 0 aliphatic carbocycles. The number of anilines is 2. The summed E-state index contributed by atoms with van der Waals surface area (Å²) in [5.41, 5.74) is -1.97. The maximum Gasteiger partial charge on any atom is 0.424 e. The van der Waals surface area contributed by atoms with Crippen LogP contribution in [0.4, 0.5) is 33.2 Å². The number of alkyl halides is 3. The number of nitrogens with zero attached hydrogens (tertiary/aromatic N) is 2. The molecule has 1 aromatic heterocycles. The first-order valence-electron chi connectivity index (χ1n) is 10.7. The first kappa shape index (κ1) is 24.3. The number of allylic oxidation sites excluding steroid dienone is 1. The van der Waals surface area contributed by atoms with Crippen molar-refractivity contribution in [1.29, 1.82) is 0 Å². The minimum Gasteiger partial charge on any atom is -0.360 e. The Labute approximate surface area is 211 Å². The lowest BCUT2D eigenvalue weighted by atomic mass is 9.84. The molecule has 2 aromatic carbocycles. The van der Waals surface area contributed by atoms with E-state index in [-0.39, 0.29) is 22.1 Å². The van der Waals surface area contributed by atoms with Crippen molar-refractivity contribution in [2.75, 3.05) is 17.7 Å². The van der Waals surface area contributed by atoms with Crippen LogP contribution in [0.25, 0.3) is 10.2 Å². The van der Waals surface area contributed by atoms with Crippen LogP contribution in [-0.4, -0.2) is 35.0 Å². The fraction of sp³-hybridized carbons (Fsp3) is 0.125. The first-order valence-corrected chi connectivity index (χ1v) is 11.5. The largest absolute Gasteiger partial charge is 0.424 e. The maximum absolute atomic E-state index is 14.7. The zero-order valence-electron chi connectivity index (χ0n) is 19.0. The molecule has 1 atom stereocenters. The second-order valence-corrected chi connectivity index (χ2v) is 9.31. The van der Waals surface area contributed by atoms with Crippen molar-refractivity contribution in [3.63, 3.8) is 0 Å². The number of carbonyl (C=O) groups is 2. The zero-order valence-corrected chi connectivity index (χ0v) is 19.9. The summed E-state index contributed by atoms with van der Waals surface area (Å²) >= 11 is 0.938. The van der Waals surface area contributed by atoms with Gasteiger partial charge < -0.3 is 20.9 Å². The van der Waals surface area contributed by atoms with Crippen LogP contribution >= 0.6 is 11.3 Å². The molecule has 1 saturated heterocycles. The van der Waals surface area contributed by atoms with Crippen LogP contribution in [0.5, 0.6) is 0 Å². The molecular weight excluding hydrogens is 512 g/mol. The number of hydrogen-bond donors (Lipinski definition) is 4. The maximum atomic E-state index is 14.7. The molecule has 1 fully saturated rings. The van der Waals surface area contributed by atoms with Gasteiger partial charge in [0.05, 0.1) is 21.6 Å². The van der Waals surface area contributed by atoms with Gasteiger partial charge >= 0.3 is 12.2 Å². The lowest BCUT2D eigenvalue weighted by Crippen LogP contribution is -2.66. The van der Waals surface area contributed by atoms with Gasteiger partial charge in [0.25, 0.3) is 5.91 Å². The lowest BCUT2D eigenvalue weighted by molar-refractivity contribution is -0.208. The number of aromatic nitrogens is 1. The van der Waals surface area contributed by atoms with Crippen LogP contribution in [0, 0.1) is 5.82 Å². The molecule has 3 amide bonds. The van der Waals surface area contributed by atoms with Gasteiger partial charge in [-0.2, -0.15) is 13.2 Å². The molecule has 0 spiro atoms. The summed E-state index contributed by atoms with van der Waals surface area (Å²) in [4.78, 5) is 30.7. The molecule has 5 rings (SSSR count). The Hall–Kier alpha value is -4.39. The number of fused-ring (bicyclic) bond motifs is 2. The van der Waals surface area contributed by atoms with E-state index in [4.69, 9.17) is 0 Å². The van der Waals surface area contributed by atoms with Crippen molar-refractivity contribution < 1.29 is 27.2 Å².